The molecule has 120 valence electrons. The average Bonchev–Trinajstić information content (AvgIpc) is 2.92. The van der Waals surface area contributed by atoms with Gasteiger partial charge in [0.05, 0.1) is 12.1 Å². The number of anilines is 1. The number of nitrogens with zero attached hydrogens (tertiary/aromatic N) is 2. The molecule has 1 fully saturated rings. The van der Waals surface area contributed by atoms with Crippen LogP contribution < -0.4 is 10.2 Å². The Morgan fingerprint density at radius 2 is 1.83 bits per heavy atom. The third kappa shape index (κ3) is 2.96. The van der Waals surface area contributed by atoms with Crippen molar-refractivity contribution >= 4 is 5.82 Å². The Morgan fingerprint density at radius 1 is 1.04 bits per heavy atom. The molecule has 1 aromatic carbocycles. The van der Waals surface area contributed by atoms with E-state index in [0.717, 1.165) is 38.2 Å². The Bertz CT molecular complexity index is 653. The number of aromatic nitrogens is 1. The van der Waals surface area contributed by atoms with Gasteiger partial charge in [0.15, 0.2) is 0 Å². The number of rotatable bonds is 3. The molecule has 2 aliphatic rings. The van der Waals surface area contributed by atoms with E-state index in [4.69, 9.17) is 0 Å². The second kappa shape index (κ2) is 6.30. The highest BCUT2D eigenvalue weighted by Crippen LogP contribution is 2.32. The number of hydrogen-bond acceptors (Lipinski definition) is 4. The van der Waals surface area contributed by atoms with Crippen LogP contribution in [0.15, 0.2) is 48.7 Å². The quantitative estimate of drug-likeness (QED) is 0.913. The van der Waals surface area contributed by atoms with Gasteiger partial charge in [0.2, 0.25) is 0 Å². The van der Waals surface area contributed by atoms with Crippen LogP contribution in [0.3, 0.4) is 0 Å². The highest BCUT2D eigenvalue weighted by atomic mass is 16.3. The summed E-state index contributed by atoms with van der Waals surface area (Å²) in [7, 11) is 0. The molecule has 2 aromatic rings. The Labute approximate surface area is 137 Å². The van der Waals surface area contributed by atoms with Gasteiger partial charge in [0.1, 0.15) is 5.82 Å². The van der Waals surface area contributed by atoms with E-state index < -0.39 is 0 Å². The van der Waals surface area contributed by atoms with E-state index in [1.165, 1.54) is 11.1 Å². The van der Waals surface area contributed by atoms with Crippen molar-refractivity contribution in [3.63, 3.8) is 0 Å². The molecule has 0 unspecified atom stereocenters. The maximum absolute atomic E-state index is 10.4. The summed E-state index contributed by atoms with van der Waals surface area (Å²) in [6.45, 7) is 2.03. The normalized spacial score (nSPS) is 24.7. The number of fused-ring (bicyclic) bond motifs is 1. The number of pyridine rings is 1. The second-order valence-corrected chi connectivity index (χ2v) is 6.56. The smallest absolute Gasteiger partial charge is 0.128 e. The zero-order chi connectivity index (χ0) is 15.6. The predicted octanol–water partition coefficient (Wildman–Crippen LogP) is 2.30. The summed E-state index contributed by atoms with van der Waals surface area (Å²) in [5, 5.41) is 14.1. The van der Waals surface area contributed by atoms with Crippen LogP contribution >= 0.6 is 0 Å². The highest BCUT2D eigenvalue weighted by molar-refractivity contribution is 5.39. The average molecular weight is 309 g/mol. The van der Waals surface area contributed by atoms with Crippen LogP contribution in [0.5, 0.6) is 0 Å². The largest absolute Gasteiger partial charge is 0.391 e. The molecule has 4 rings (SSSR count). The van der Waals surface area contributed by atoms with Crippen LogP contribution in [0.1, 0.15) is 30.0 Å². The Hall–Kier alpha value is -1.91. The number of aliphatic hydroxyl groups excluding tert-OH is 1. The molecule has 4 nitrogen and oxygen atoms in total. The molecule has 0 bridgehead atoms. The lowest BCUT2D eigenvalue weighted by Gasteiger charge is -2.35. The van der Waals surface area contributed by atoms with E-state index in [2.05, 4.69) is 45.5 Å². The molecular formula is C19H23N3O. The maximum atomic E-state index is 10.4. The Kier molecular flexibility index (Phi) is 4.02. The monoisotopic (exact) mass is 309 g/mol. The molecule has 1 saturated heterocycles. The van der Waals surface area contributed by atoms with Crippen LogP contribution in [0.4, 0.5) is 5.82 Å². The van der Waals surface area contributed by atoms with Crippen molar-refractivity contribution < 1.29 is 5.11 Å². The minimum absolute atomic E-state index is 0.0811. The number of hydrogen-bond donors (Lipinski definition) is 2. The van der Waals surface area contributed by atoms with E-state index in [1.807, 2.05) is 18.3 Å². The molecule has 0 radical (unpaired) electrons. The van der Waals surface area contributed by atoms with Crippen molar-refractivity contribution in [1.29, 1.82) is 0 Å². The van der Waals surface area contributed by atoms with Gasteiger partial charge < -0.3 is 15.3 Å². The standard InChI is InChI=1S/C19H23N3O/c23-17-13-14-5-1-2-6-16(14)19(17)21-15-8-11-22(12-9-15)18-7-3-4-10-20-18/h1-7,10,15,17,19,21,23H,8-9,11-13H2/t17-,19+/m0/s1. The van der Waals surface area contributed by atoms with Crippen LogP contribution in [-0.4, -0.2) is 35.3 Å². The highest BCUT2D eigenvalue weighted by Gasteiger charge is 2.33. The first-order chi connectivity index (χ1) is 11.3. The lowest BCUT2D eigenvalue weighted by atomic mass is 10.0. The van der Waals surface area contributed by atoms with Gasteiger partial charge in [-0.15, -0.1) is 0 Å². The van der Waals surface area contributed by atoms with E-state index in [0.29, 0.717) is 6.04 Å². The van der Waals surface area contributed by atoms with Crippen molar-refractivity contribution in [1.82, 2.24) is 10.3 Å². The van der Waals surface area contributed by atoms with Crippen LogP contribution in [0.25, 0.3) is 0 Å². The number of nitrogens with one attached hydrogen (secondary N) is 1. The van der Waals surface area contributed by atoms with E-state index in [9.17, 15) is 5.11 Å². The first kappa shape index (κ1) is 14.7. The van der Waals surface area contributed by atoms with Gasteiger partial charge in [0.25, 0.3) is 0 Å². The number of aliphatic hydroxyl groups is 1. The summed E-state index contributed by atoms with van der Waals surface area (Å²) in [4.78, 5) is 6.78. The molecule has 0 saturated carbocycles. The van der Waals surface area contributed by atoms with Gasteiger partial charge in [0, 0.05) is 31.7 Å². The fourth-order valence-electron chi connectivity index (χ4n) is 3.84. The summed E-state index contributed by atoms with van der Waals surface area (Å²) in [5.74, 6) is 1.07. The molecule has 0 amide bonds. The molecule has 1 aromatic heterocycles. The van der Waals surface area contributed by atoms with Crippen molar-refractivity contribution in [3.8, 4) is 0 Å². The van der Waals surface area contributed by atoms with Crippen molar-refractivity contribution in [2.45, 2.75) is 37.5 Å². The van der Waals surface area contributed by atoms with Crippen molar-refractivity contribution in [2.75, 3.05) is 18.0 Å². The lowest BCUT2D eigenvalue weighted by Crippen LogP contribution is -2.45. The SMILES string of the molecule is O[C@H]1Cc2ccccc2[C@H]1NC1CCN(c2ccccn2)CC1. The van der Waals surface area contributed by atoms with Gasteiger partial charge in [-0.3, -0.25) is 0 Å². The number of piperidine rings is 1. The summed E-state index contributed by atoms with van der Waals surface area (Å²) in [6, 6.07) is 15.0. The maximum Gasteiger partial charge on any atom is 0.128 e. The molecule has 23 heavy (non-hydrogen) atoms. The minimum atomic E-state index is -0.304. The Morgan fingerprint density at radius 3 is 2.61 bits per heavy atom. The van der Waals surface area contributed by atoms with Crippen LogP contribution in [0, 0.1) is 0 Å². The van der Waals surface area contributed by atoms with E-state index in [1.54, 1.807) is 0 Å². The lowest BCUT2D eigenvalue weighted by molar-refractivity contribution is 0.131. The number of benzene rings is 1. The second-order valence-electron chi connectivity index (χ2n) is 6.56. The summed E-state index contributed by atoms with van der Waals surface area (Å²) >= 11 is 0. The molecule has 2 heterocycles. The molecular weight excluding hydrogens is 286 g/mol. The van der Waals surface area contributed by atoms with Gasteiger partial charge in [-0.1, -0.05) is 30.3 Å². The third-order valence-electron chi connectivity index (χ3n) is 5.09. The fourth-order valence-corrected chi connectivity index (χ4v) is 3.84. The topological polar surface area (TPSA) is 48.4 Å². The first-order valence-corrected chi connectivity index (χ1v) is 8.49. The van der Waals surface area contributed by atoms with Gasteiger partial charge in [-0.2, -0.15) is 0 Å². The van der Waals surface area contributed by atoms with Gasteiger partial charge >= 0.3 is 0 Å². The van der Waals surface area contributed by atoms with Crippen LogP contribution in [-0.2, 0) is 6.42 Å². The molecule has 2 N–H and O–H groups in total. The third-order valence-corrected chi connectivity index (χ3v) is 5.09. The van der Waals surface area contributed by atoms with E-state index >= 15 is 0 Å². The zero-order valence-electron chi connectivity index (χ0n) is 13.2. The summed E-state index contributed by atoms with van der Waals surface area (Å²) < 4.78 is 0. The molecule has 2 atom stereocenters. The molecule has 4 heteroatoms. The zero-order valence-corrected chi connectivity index (χ0v) is 13.2. The Balaban J connectivity index is 1.38. The summed E-state index contributed by atoms with van der Waals surface area (Å²) in [5.41, 5.74) is 2.55. The first-order valence-electron chi connectivity index (χ1n) is 8.49. The van der Waals surface area contributed by atoms with Gasteiger partial charge in [-0.25, -0.2) is 4.98 Å². The fraction of sp³-hybridized carbons (Fsp3) is 0.421. The van der Waals surface area contributed by atoms with Gasteiger partial charge in [-0.05, 0) is 36.1 Å². The van der Waals surface area contributed by atoms with Crippen molar-refractivity contribution in [3.05, 3.63) is 59.8 Å². The molecule has 0 spiro atoms. The minimum Gasteiger partial charge on any atom is -0.391 e. The van der Waals surface area contributed by atoms with Crippen LogP contribution in [0.2, 0.25) is 0 Å². The molecule has 1 aliphatic carbocycles. The predicted molar refractivity (Wildman–Crippen MR) is 91.5 cm³/mol. The van der Waals surface area contributed by atoms with E-state index in [-0.39, 0.29) is 12.1 Å². The summed E-state index contributed by atoms with van der Waals surface area (Å²) in [6.07, 6.45) is 4.48. The molecule has 1 aliphatic heterocycles. The van der Waals surface area contributed by atoms with Crippen molar-refractivity contribution in [2.24, 2.45) is 0 Å².